The fraction of sp³-hybridized carbons (Fsp3) is 0.600. The van der Waals surface area contributed by atoms with E-state index in [0.29, 0.717) is 5.92 Å². The molecule has 0 aliphatic heterocycles. The Kier molecular flexibility index (Phi) is 7.30. The first-order chi connectivity index (χ1) is 9.21. The van der Waals surface area contributed by atoms with Crippen LogP contribution in [-0.4, -0.2) is 32.5 Å². The maximum atomic E-state index is 8.93. The minimum Gasteiger partial charge on any atom is -0.493 e. The SMILES string of the molecule is COc1ccc(CNCCCC(C)CO)cc1OC. The topological polar surface area (TPSA) is 50.7 Å². The van der Waals surface area contributed by atoms with Gasteiger partial charge in [-0.1, -0.05) is 13.0 Å². The van der Waals surface area contributed by atoms with E-state index >= 15 is 0 Å². The van der Waals surface area contributed by atoms with Crippen LogP contribution < -0.4 is 14.8 Å². The first-order valence-corrected chi connectivity index (χ1v) is 6.73. The van der Waals surface area contributed by atoms with Crippen molar-refractivity contribution in [1.82, 2.24) is 5.32 Å². The second kappa shape index (κ2) is 8.77. The second-order valence-corrected chi connectivity index (χ2v) is 4.80. The molecular formula is C15H25NO3. The lowest BCUT2D eigenvalue weighted by atomic mass is 10.1. The quantitative estimate of drug-likeness (QED) is 0.674. The van der Waals surface area contributed by atoms with Gasteiger partial charge in [-0.15, -0.1) is 0 Å². The lowest BCUT2D eigenvalue weighted by Gasteiger charge is -2.11. The summed E-state index contributed by atoms with van der Waals surface area (Å²) in [4.78, 5) is 0. The summed E-state index contributed by atoms with van der Waals surface area (Å²) in [7, 11) is 3.28. The van der Waals surface area contributed by atoms with Gasteiger partial charge in [-0.2, -0.15) is 0 Å². The molecule has 0 saturated heterocycles. The van der Waals surface area contributed by atoms with Crippen LogP contribution in [0.5, 0.6) is 11.5 Å². The highest BCUT2D eigenvalue weighted by Crippen LogP contribution is 2.27. The fourth-order valence-electron chi connectivity index (χ4n) is 1.89. The van der Waals surface area contributed by atoms with Gasteiger partial charge in [0.1, 0.15) is 0 Å². The number of hydrogen-bond acceptors (Lipinski definition) is 4. The summed E-state index contributed by atoms with van der Waals surface area (Å²) >= 11 is 0. The molecular weight excluding hydrogens is 242 g/mol. The third-order valence-corrected chi connectivity index (χ3v) is 3.14. The lowest BCUT2D eigenvalue weighted by Crippen LogP contribution is -2.16. The van der Waals surface area contributed by atoms with Gasteiger partial charge >= 0.3 is 0 Å². The maximum absolute atomic E-state index is 8.93. The number of aliphatic hydroxyl groups excluding tert-OH is 1. The van der Waals surface area contributed by atoms with E-state index in [1.165, 1.54) is 5.56 Å². The molecule has 4 heteroatoms. The molecule has 4 nitrogen and oxygen atoms in total. The summed E-state index contributed by atoms with van der Waals surface area (Å²) in [6.45, 7) is 4.11. The Morgan fingerprint density at radius 1 is 1.21 bits per heavy atom. The molecule has 0 aliphatic carbocycles. The van der Waals surface area contributed by atoms with E-state index in [0.717, 1.165) is 37.4 Å². The van der Waals surface area contributed by atoms with Crippen LogP contribution in [0.3, 0.4) is 0 Å². The molecule has 2 N–H and O–H groups in total. The maximum Gasteiger partial charge on any atom is 0.161 e. The van der Waals surface area contributed by atoms with Gasteiger partial charge in [0, 0.05) is 13.2 Å². The highest BCUT2D eigenvalue weighted by Gasteiger charge is 2.04. The molecule has 0 heterocycles. The van der Waals surface area contributed by atoms with E-state index in [2.05, 4.69) is 12.2 Å². The summed E-state index contributed by atoms with van der Waals surface area (Å²) in [6.07, 6.45) is 2.13. The molecule has 1 aromatic rings. The molecule has 0 saturated carbocycles. The Bertz CT molecular complexity index is 368. The molecule has 0 spiro atoms. The Hall–Kier alpha value is -1.26. The number of aliphatic hydroxyl groups is 1. The zero-order chi connectivity index (χ0) is 14.1. The van der Waals surface area contributed by atoms with Gasteiger partial charge in [0.15, 0.2) is 11.5 Å². The van der Waals surface area contributed by atoms with E-state index in [9.17, 15) is 0 Å². The monoisotopic (exact) mass is 267 g/mol. The second-order valence-electron chi connectivity index (χ2n) is 4.80. The Balaban J connectivity index is 2.33. The highest BCUT2D eigenvalue weighted by molar-refractivity contribution is 5.42. The predicted molar refractivity (Wildman–Crippen MR) is 76.7 cm³/mol. The van der Waals surface area contributed by atoms with Gasteiger partial charge in [0.05, 0.1) is 14.2 Å². The summed E-state index contributed by atoms with van der Waals surface area (Å²) < 4.78 is 10.5. The van der Waals surface area contributed by atoms with E-state index in [1.807, 2.05) is 18.2 Å². The van der Waals surface area contributed by atoms with Gasteiger partial charge in [0.25, 0.3) is 0 Å². The highest BCUT2D eigenvalue weighted by atomic mass is 16.5. The zero-order valence-electron chi connectivity index (χ0n) is 12.1. The van der Waals surface area contributed by atoms with Crippen LogP contribution in [0.25, 0.3) is 0 Å². The van der Waals surface area contributed by atoms with Crippen molar-refractivity contribution in [3.8, 4) is 11.5 Å². The summed E-state index contributed by atoms with van der Waals surface area (Å²) in [6, 6.07) is 5.94. The minimum atomic E-state index is 0.273. The Labute approximate surface area is 115 Å². The molecule has 0 aromatic heterocycles. The number of ether oxygens (including phenoxy) is 2. The molecule has 0 fully saturated rings. The summed E-state index contributed by atoms with van der Waals surface area (Å²) in [5.41, 5.74) is 1.17. The van der Waals surface area contributed by atoms with Crippen molar-refractivity contribution in [2.45, 2.75) is 26.3 Å². The normalized spacial score (nSPS) is 12.2. The average Bonchev–Trinajstić information content (AvgIpc) is 2.46. The van der Waals surface area contributed by atoms with Gasteiger partial charge < -0.3 is 19.9 Å². The van der Waals surface area contributed by atoms with Crippen molar-refractivity contribution in [1.29, 1.82) is 0 Å². The molecule has 0 amide bonds. The fourth-order valence-corrected chi connectivity index (χ4v) is 1.89. The molecule has 1 rings (SSSR count). The van der Waals surface area contributed by atoms with E-state index in [-0.39, 0.29) is 6.61 Å². The van der Waals surface area contributed by atoms with Crippen LogP contribution in [0.4, 0.5) is 0 Å². The smallest absolute Gasteiger partial charge is 0.161 e. The Morgan fingerprint density at radius 2 is 1.95 bits per heavy atom. The molecule has 19 heavy (non-hydrogen) atoms. The summed E-state index contributed by atoms with van der Waals surface area (Å²) in [5, 5.41) is 12.3. The van der Waals surface area contributed by atoms with Crippen molar-refractivity contribution in [2.24, 2.45) is 5.92 Å². The van der Waals surface area contributed by atoms with E-state index < -0.39 is 0 Å². The van der Waals surface area contributed by atoms with Crippen LogP contribution in [0, 0.1) is 5.92 Å². The third kappa shape index (κ3) is 5.49. The van der Waals surface area contributed by atoms with E-state index in [1.54, 1.807) is 14.2 Å². The number of nitrogens with one attached hydrogen (secondary N) is 1. The molecule has 1 unspecified atom stereocenters. The standard InChI is InChI=1S/C15H25NO3/c1-12(11-17)5-4-8-16-10-13-6-7-14(18-2)15(9-13)19-3/h6-7,9,12,16-17H,4-5,8,10-11H2,1-3H3. The number of rotatable bonds is 9. The van der Waals surface area contributed by atoms with Crippen LogP contribution >= 0.6 is 0 Å². The molecule has 108 valence electrons. The number of hydrogen-bond donors (Lipinski definition) is 2. The minimum absolute atomic E-state index is 0.273. The van der Waals surface area contributed by atoms with Gasteiger partial charge in [-0.05, 0) is 43.0 Å². The Morgan fingerprint density at radius 3 is 2.58 bits per heavy atom. The molecule has 1 atom stereocenters. The van der Waals surface area contributed by atoms with Gasteiger partial charge in [-0.25, -0.2) is 0 Å². The number of benzene rings is 1. The van der Waals surface area contributed by atoms with Crippen molar-refractivity contribution < 1.29 is 14.6 Å². The largest absolute Gasteiger partial charge is 0.493 e. The van der Waals surface area contributed by atoms with Crippen LogP contribution in [0.1, 0.15) is 25.3 Å². The lowest BCUT2D eigenvalue weighted by molar-refractivity contribution is 0.228. The first-order valence-electron chi connectivity index (χ1n) is 6.73. The molecule has 0 aliphatic rings. The summed E-state index contributed by atoms with van der Waals surface area (Å²) in [5.74, 6) is 1.90. The van der Waals surface area contributed by atoms with Crippen LogP contribution in [-0.2, 0) is 6.54 Å². The van der Waals surface area contributed by atoms with Crippen LogP contribution in [0.15, 0.2) is 18.2 Å². The number of methoxy groups -OCH3 is 2. The third-order valence-electron chi connectivity index (χ3n) is 3.14. The zero-order valence-corrected chi connectivity index (χ0v) is 12.1. The van der Waals surface area contributed by atoms with Crippen molar-refractivity contribution in [3.63, 3.8) is 0 Å². The first kappa shape index (κ1) is 15.8. The average molecular weight is 267 g/mol. The molecule has 1 aromatic carbocycles. The molecule has 0 radical (unpaired) electrons. The van der Waals surface area contributed by atoms with Gasteiger partial charge in [0.2, 0.25) is 0 Å². The van der Waals surface area contributed by atoms with Crippen LogP contribution in [0.2, 0.25) is 0 Å². The van der Waals surface area contributed by atoms with Crippen molar-refractivity contribution in [3.05, 3.63) is 23.8 Å². The van der Waals surface area contributed by atoms with Gasteiger partial charge in [-0.3, -0.25) is 0 Å². The van der Waals surface area contributed by atoms with Crippen molar-refractivity contribution >= 4 is 0 Å². The predicted octanol–water partition coefficient (Wildman–Crippen LogP) is 2.20. The van der Waals surface area contributed by atoms with E-state index in [4.69, 9.17) is 14.6 Å². The van der Waals surface area contributed by atoms with Crippen molar-refractivity contribution in [2.75, 3.05) is 27.4 Å². The molecule has 0 bridgehead atoms.